The molecule has 1 atom stereocenters. The van der Waals surface area contributed by atoms with Gasteiger partial charge in [-0.15, -0.1) is 0 Å². The number of nitrogens with zero attached hydrogens (tertiary/aromatic N) is 3. The number of hydrogen-bond acceptors (Lipinski definition) is 4. The Kier molecular flexibility index (Phi) is 5.26. The summed E-state index contributed by atoms with van der Waals surface area (Å²) >= 11 is 0. The first kappa shape index (κ1) is 16.2. The third kappa shape index (κ3) is 3.57. The molecular formula is C13H22N4O3. The van der Waals surface area contributed by atoms with Crippen LogP contribution < -0.4 is 5.73 Å². The summed E-state index contributed by atoms with van der Waals surface area (Å²) in [5.74, 6) is 0.0202. The number of amides is 1. The van der Waals surface area contributed by atoms with Crippen LogP contribution in [0.3, 0.4) is 0 Å². The average Bonchev–Trinajstić information content (AvgIpc) is 2.76. The zero-order valence-electron chi connectivity index (χ0n) is 12.4. The normalized spacial score (nSPS) is 12.5. The van der Waals surface area contributed by atoms with Crippen LogP contribution in [0, 0.1) is 16.0 Å². The molecule has 0 saturated carbocycles. The van der Waals surface area contributed by atoms with Gasteiger partial charge in [0.05, 0.1) is 7.05 Å². The standard InChI is InChI=1S/C13H22N4O3/c1-9(2)10(14)7-8-15(3)13(18)11-5-6-12(16(11)4)17(19)20/h5-6,9-10H,7-8,14H2,1-4H3. The van der Waals surface area contributed by atoms with Gasteiger partial charge < -0.3 is 20.7 Å². The van der Waals surface area contributed by atoms with Gasteiger partial charge in [-0.2, -0.15) is 0 Å². The predicted molar refractivity (Wildman–Crippen MR) is 76.5 cm³/mol. The summed E-state index contributed by atoms with van der Waals surface area (Å²) in [7, 11) is 3.19. The first-order chi connectivity index (χ1) is 9.25. The van der Waals surface area contributed by atoms with Crippen LogP contribution >= 0.6 is 0 Å². The van der Waals surface area contributed by atoms with Gasteiger partial charge in [-0.1, -0.05) is 13.8 Å². The zero-order chi connectivity index (χ0) is 15.4. The summed E-state index contributed by atoms with van der Waals surface area (Å²) in [6.45, 7) is 4.59. The minimum absolute atomic E-state index is 0.0352. The fraction of sp³-hybridized carbons (Fsp3) is 0.615. The molecule has 0 radical (unpaired) electrons. The number of rotatable bonds is 6. The fourth-order valence-corrected chi connectivity index (χ4v) is 1.87. The first-order valence-corrected chi connectivity index (χ1v) is 6.56. The summed E-state index contributed by atoms with van der Waals surface area (Å²) in [5, 5.41) is 10.8. The minimum Gasteiger partial charge on any atom is -0.358 e. The molecule has 1 rings (SSSR count). The van der Waals surface area contributed by atoms with Crippen molar-refractivity contribution in [2.75, 3.05) is 13.6 Å². The Hall–Kier alpha value is -1.89. The summed E-state index contributed by atoms with van der Waals surface area (Å²) in [5.41, 5.74) is 6.25. The van der Waals surface area contributed by atoms with Crippen LogP contribution in [0.4, 0.5) is 5.82 Å². The lowest BCUT2D eigenvalue weighted by Gasteiger charge is -2.21. The molecule has 112 valence electrons. The molecular weight excluding hydrogens is 260 g/mol. The van der Waals surface area contributed by atoms with Crippen molar-refractivity contribution < 1.29 is 9.72 Å². The molecule has 0 saturated heterocycles. The Bertz CT molecular complexity index is 496. The van der Waals surface area contributed by atoms with Crippen molar-refractivity contribution in [2.45, 2.75) is 26.3 Å². The van der Waals surface area contributed by atoms with Gasteiger partial charge in [0, 0.05) is 25.7 Å². The molecule has 0 aliphatic carbocycles. The Morgan fingerprint density at radius 1 is 1.50 bits per heavy atom. The Morgan fingerprint density at radius 3 is 2.55 bits per heavy atom. The van der Waals surface area contributed by atoms with E-state index in [1.54, 1.807) is 11.9 Å². The summed E-state index contributed by atoms with van der Waals surface area (Å²) in [6, 6.07) is 2.84. The van der Waals surface area contributed by atoms with Crippen LogP contribution in [0.2, 0.25) is 0 Å². The molecule has 20 heavy (non-hydrogen) atoms. The fourth-order valence-electron chi connectivity index (χ4n) is 1.87. The van der Waals surface area contributed by atoms with Crippen molar-refractivity contribution in [3.63, 3.8) is 0 Å². The average molecular weight is 282 g/mol. The van der Waals surface area contributed by atoms with Gasteiger partial charge in [0.15, 0.2) is 5.69 Å². The third-order valence-corrected chi connectivity index (χ3v) is 3.50. The minimum atomic E-state index is -0.508. The Morgan fingerprint density at radius 2 is 2.10 bits per heavy atom. The van der Waals surface area contributed by atoms with E-state index in [0.717, 1.165) is 0 Å². The molecule has 0 aromatic carbocycles. The van der Waals surface area contributed by atoms with Gasteiger partial charge in [0.25, 0.3) is 5.91 Å². The molecule has 1 heterocycles. The monoisotopic (exact) mass is 282 g/mol. The summed E-state index contributed by atoms with van der Waals surface area (Å²) in [6.07, 6.45) is 0.701. The highest BCUT2D eigenvalue weighted by Gasteiger charge is 2.23. The Labute approximate surface area is 118 Å². The molecule has 1 aromatic heterocycles. The van der Waals surface area contributed by atoms with E-state index >= 15 is 0 Å². The molecule has 7 nitrogen and oxygen atoms in total. The third-order valence-electron chi connectivity index (χ3n) is 3.50. The van der Waals surface area contributed by atoms with E-state index in [1.807, 2.05) is 13.8 Å². The highest BCUT2D eigenvalue weighted by atomic mass is 16.6. The molecule has 1 amide bonds. The van der Waals surface area contributed by atoms with Gasteiger partial charge in [-0.25, -0.2) is 4.57 Å². The maximum absolute atomic E-state index is 12.2. The lowest BCUT2D eigenvalue weighted by molar-refractivity contribution is -0.391. The van der Waals surface area contributed by atoms with Gasteiger partial charge in [0.1, 0.15) is 0 Å². The van der Waals surface area contributed by atoms with E-state index in [4.69, 9.17) is 5.73 Å². The topological polar surface area (TPSA) is 94.4 Å². The lowest BCUT2D eigenvalue weighted by atomic mass is 10.0. The van der Waals surface area contributed by atoms with Crippen molar-refractivity contribution in [1.29, 1.82) is 0 Å². The Balaban J connectivity index is 2.72. The van der Waals surface area contributed by atoms with Crippen LogP contribution in [0.25, 0.3) is 0 Å². The summed E-state index contributed by atoms with van der Waals surface area (Å²) in [4.78, 5) is 24.0. The van der Waals surface area contributed by atoms with Crippen LogP contribution in [-0.2, 0) is 7.05 Å². The molecule has 0 aliphatic heterocycles. The largest absolute Gasteiger partial charge is 0.358 e. The second kappa shape index (κ2) is 6.51. The van der Waals surface area contributed by atoms with Crippen molar-refractivity contribution in [2.24, 2.45) is 18.7 Å². The van der Waals surface area contributed by atoms with E-state index < -0.39 is 4.92 Å². The summed E-state index contributed by atoms with van der Waals surface area (Å²) < 4.78 is 1.29. The highest BCUT2D eigenvalue weighted by Crippen LogP contribution is 2.16. The van der Waals surface area contributed by atoms with E-state index in [2.05, 4.69) is 0 Å². The SMILES string of the molecule is CC(C)C(N)CCN(C)C(=O)c1ccc([N+](=O)[O-])n1C. The second-order valence-corrected chi connectivity index (χ2v) is 5.32. The molecule has 0 bridgehead atoms. The van der Waals surface area contributed by atoms with Crippen molar-refractivity contribution in [1.82, 2.24) is 9.47 Å². The molecule has 2 N–H and O–H groups in total. The molecule has 7 heteroatoms. The molecule has 0 fully saturated rings. The van der Waals surface area contributed by atoms with E-state index in [0.29, 0.717) is 24.6 Å². The number of carbonyl (C=O) groups excluding carboxylic acids is 1. The first-order valence-electron chi connectivity index (χ1n) is 6.56. The van der Waals surface area contributed by atoms with E-state index in [-0.39, 0.29) is 17.8 Å². The zero-order valence-corrected chi connectivity index (χ0v) is 12.4. The maximum Gasteiger partial charge on any atom is 0.323 e. The van der Waals surface area contributed by atoms with E-state index in [1.165, 1.54) is 23.7 Å². The number of hydrogen-bond donors (Lipinski definition) is 1. The second-order valence-electron chi connectivity index (χ2n) is 5.32. The predicted octanol–water partition coefficient (Wildman–Crippen LogP) is 1.38. The molecule has 1 aromatic rings. The quantitative estimate of drug-likeness (QED) is 0.630. The van der Waals surface area contributed by atoms with Crippen LogP contribution in [0.5, 0.6) is 0 Å². The highest BCUT2D eigenvalue weighted by molar-refractivity contribution is 5.93. The smallest absolute Gasteiger partial charge is 0.323 e. The number of nitrogens with two attached hydrogens (primary N) is 1. The number of nitro groups is 1. The van der Waals surface area contributed by atoms with Gasteiger partial charge in [-0.3, -0.25) is 4.79 Å². The number of carbonyl (C=O) groups is 1. The maximum atomic E-state index is 12.2. The van der Waals surface area contributed by atoms with Crippen molar-refractivity contribution >= 4 is 11.7 Å². The van der Waals surface area contributed by atoms with E-state index in [9.17, 15) is 14.9 Å². The van der Waals surface area contributed by atoms with Crippen LogP contribution in [-0.4, -0.2) is 39.9 Å². The van der Waals surface area contributed by atoms with Crippen molar-refractivity contribution in [3.05, 3.63) is 27.9 Å². The molecule has 0 spiro atoms. The number of aromatic nitrogens is 1. The van der Waals surface area contributed by atoms with Gasteiger partial charge in [-0.05, 0) is 23.3 Å². The van der Waals surface area contributed by atoms with Crippen LogP contribution in [0.1, 0.15) is 30.8 Å². The van der Waals surface area contributed by atoms with Crippen LogP contribution in [0.15, 0.2) is 12.1 Å². The molecule has 0 aliphatic rings. The lowest BCUT2D eigenvalue weighted by Crippen LogP contribution is -2.35. The van der Waals surface area contributed by atoms with Gasteiger partial charge >= 0.3 is 5.82 Å². The van der Waals surface area contributed by atoms with Gasteiger partial charge in [0.2, 0.25) is 0 Å². The van der Waals surface area contributed by atoms with Crippen molar-refractivity contribution in [3.8, 4) is 0 Å². The molecule has 1 unspecified atom stereocenters.